The third-order valence-electron chi connectivity index (χ3n) is 3.49. The van der Waals surface area contributed by atoms with Gasteiger partial charge in [-0.15, -0.1) is 0 Å². The summed E-state index contributed by atoms with van der Waals surface area (Å²) >= 11 is 0. The summed E-state index contributed by atoms with van der Waals surface area (Å²) in [4.78, 5) is 17.2. The standard InChI is InChI=1S/C20H17NO3/c1-23-14-24-17-10-5-9-16(13-17)20(22)19-12-6-11-18(21-19)15-7-3-2-4-8-15/h2-13H,14H2,1H3. The number of hydrogen-bond acceptors (Lipinski definition) is 4. The second-order valence-corrected chi connectivity index (χ2v) is 5.18. The number of rotatable bonds is 6. The van der Waals surface area contributed by atoms with Crippen molar-refractivity contribution in [3.05, 3.63) is 84.1 Å². The van der Waals surface area contributed by atoms with Gasteiger partial charge >= 0.3 is 0 Å². The molecule has 0 saturated heterocycles. The summed E-state index contributed by atoms with van der Waals surface area (Å²) in [5.41, 5.74) is 2.68. The Morgan fingerprint density at radius 2 is 1.75 bits per heavy atom. The Kier molecular flexibility index (Phi) is 4.99. The zero-order valence-electron chi connectivity index (χ0n) is 13.3. The van der Waals surface area contributed by atoms with E-state index in [1.54, 1.807) is 37.4 Å². The van der Waals surface area contributed by atoms with E-state index in [0.717, 1.165) is 11.3 Å². The molecule has 0 aliphatic rings. The summed E-state index contributed by atoms with van der Waals surface area (Å²) in [6, 6.07) is 22.2. The van der Waals surface area contributed by atoms with Gasteiger partial charge in [0.2, 0.25) is 5.78 Å². The molecular formula is C20H17NO3. The second kappa shape index (κ2) is 7.53. The Bertz CT molecular complexity index is 831. The van der Waals surface area contributed by atoms with E-state index in [0.29, 0.717) is 17.0 Å². The zero-order chi connectivity index (χ0) is 16.8. The monoisotopic (exact) mass is 319 g/mol. The van der Waals surface area contributed by atoms with E-state index >= 15 is 0 Å². The minimum atomic E-state index is -0.143. The molecule has 0 aliphatic carbocycles. The smallest absolute Gasteiger partial charge is 0.211 e. The maximum atomic E-state index is 12.7. The van der Waals surface area contributed by atoms with Crippen LogP contribution >= 0.6 is 0 Å². The Labute approximate surface area is 140 Å². The quantitative estimate of drug-likeness (QED) is 0.510. The summed E-state index contributed by atoms with van der Waals surface area (Å²) in [7, 11) is 1.55. The molecule has 24 heavy (non-hydrogen) atoms. The predicted molar refractivity (Wildman–Crippen MR) is 92.1 cm³/mol. The van der Waals surface area contributed by atoms with Gasteiger partial charge in [-0.1, -0.05) is 48.5 Å². The molecule has 0 N–H and O–H groups in total. The largest absolute Gasteiger partial charge is 0.468 e. The number of carbonyl (C=O) groups excluding carboxylic acids is 1. The molecule has 0 radical (unpaired) electrons. The Morgan fingerprint density at radius 3 is 2.54 bits per heavy atom. The fourth-order valence-corrected chi connectivity index (χ4v) is 2.33. The van der Waals surface area contributed by atoms with Crippen LogP contribution < -0.4 is 4.74 Å². The first-order chi connectivity index (χ1) is 11.8. The molecule has 1 aromatic heterocycles. The number of hydrogen-bond donors (Lipinski definition) is 0. The van der Waals surface area contributed by atoms with E-state index in [4.69, 9.17) is 9.47 Å². The number of nitrogens with zero attached hydrogens (tertiary/aromatic N) is 1. The van der Waals surface area contributed by atoms with Crippen molar-refractivity contribution < 1.29 is 14.3 Å². The first-order valence-corrected chi connectivity index (χ1v) is 7.57. The molecule has 2 aromatic carbocycles. The third-order valence-corrected chi connectivity index (χ3v) is 3.49. The highest BCUT2D eigenvalue weighted by Crippen LogP contribution is 2.19. The molecule has 0 aliphatic heterocycles. The molecular weight excluding hydrogens is 302 g/mol. The molecule has 120 valence electrons. The average Bonchev–Trinajstić information content (AvgIpc) is 2.67. The normalized spacial score (nSPS) is 10.4. The van der Waals surface area contributed by atoms with Crippen molar-refractivity contribution in [2.75, 3.05) is 13.9 Å². The summed E-state index contributed by atoms with van der Waals surface area (Å²) in [5.74, 6) is 0.442. The van der Waals surface area contributed by atoms with Gasteiger partial charge in [0, 0.05) is 18.2 Å². The van der Waals surface area contributed by atoms with E-state index in [1.165, 1.54) is 0 Å². The highest BCUT2D eigenvalue weighted by molar-refractivity contribution is 6.08. The minimum absolute atomic E-state index is 0.138. The van der Waals surface area contributed by atoms with Crippen molar-refractivity contribution in [2.24, 2.45) is 0 Å². The van der Waals surface area contributed by atoms with Crippen LogP contribution in [0, 0.1) is 0 Å². The number of pyridine rings is 1. The lowest BCUT2D eigenvalue weighted by Crippen LogP contribution is -2.06. The maximum absolute atomic E-state index is 12.7. The predicted octanol–water partition coefficient (Wildman–Crippen LogP) is 3.96. The zero-order valence-corrected chi connectivity index (χ0v) is 13.3. The van der Waals surface area contributed by atoms with Crippen LogP contribution in [0.3, 0.4) is 0 Å². The molecule has 4 nitrogen and oxygen atoms in total. The molecule has 1 heterocycles. The molecule has 3 aromatic rings. The van der Waals surface area contributed by atoms with E-state index < -0.39 is 0 Å². The first-order valence-electron chi connectivity index (χ1n) is 7.57. The number of ketones is 1. The fraction of sp³-hybridized carbons (Fsp3) is 0.100. The van der Waals surface area contributed by atoms with E-state index in [2.05, 4.69) is 4.98 Å². The van der Waals surface area contributed by atoms with Gasteiger partial charge in [0.05, 0.1) is 5.69 Å². The Hall–Kier alpha value is -2.98. The topological polar surface area (TPSA) is 48.4 Å². The van der Waals surface area contributed by atoms with Crippen LogP contribution in [-0.2, 0) is 4.74 Å². The molecule has 0 spiro atoms. The Morgan fingerprint density at radius 1 is 0.958 bits per heavy atom. The van der Waals surface area contributed by atoms with Crippen LogP contribution in [0.15, 0.2) is 72.8 Å². The van der Waals surface area contributed by atoms with Gasteiger partial charge in [0.25, 0.3) is 0 Å². The number of carbonyl (C=O) groups is 1. The van der Waals surface area contributed by atoms with E-state index in [9.17, 15) is 4.79 Å². The number of methoxy groups -OCH3 is 1. The number of aromatic nitrogens is 1. The second-order valence-electron chi connectivity index (χ2n) is 5.18. The maximum Gasteiger partial charge on any atom is 0.211 e. The van der Waals surface area contributed by atoms with Crippen LogP contribution in [0.1, 0.15) is 16.1 Å². The lowest BCUT2D eigenvalue weighted by Gasteiger charge is -2.07. The molecule has 3 rings (SSSR count). The molecule has 0 amide bonds. The first kappa shape index (κ1) is 15.9. The summed E-state index contributed by atoms with van der Waals surface area (Å²) < 4.78 is 10.3. The van der Waals surface area contributed by atoms with Crippen LogP contribution in [0.4, 0.5) is 0 Å². The van der Waals surface area contributed by atoms with Gasteiger partial charge in [0.1, 0.15) is 11.4 Å². The van der Waals surface area contributed by atoms with Crippen molar-refractivity contribution in [1.82, 2.24) is 4.98 Å². The van der Waals surface area contributed by atoms with Gasteiger partial charge in [-0.3, -0.25) is 4.79 Å². The van der Waals surface area contributed by atoms with Crippen molar-refractivity contribution in [3.8, 4) is 17.0 Å². The number of ether oxygens (including phenoxy) is 2. The summed E-state index contributed by atoms with van der Waals surface area (Å²) in [5, 5.41) is 0. The van der Waals surface area contributed by atoms with Crippen LogP contribution in [0.2, 0.25) is 0 Å². The van der Waals surface area contributed by atoms with E-state index in [1.807, 2.05) is 42.5 Å². The SMILES string of the molecule is COCOc1cccc(C(=O)c2cccc(-c3ccccc3)n2)c1. The fourth-order valence-electron chi connectivity index (χ4n) is 2.33. The van der Waals surface area contributed by atoms with Gasteiger partial charge in [-0.2, -0.15) is 0 Å². The molecule has 0 fully saturated rings. The Balaban J connectivity index is 1.88. The van der Waals surface area contributed by atoms with E-state index in [-0.39, 0.29) is 12.6 Å². The molecule has 4 heteroatoms. The molecule has 0 bridgehead atoms. The lowest BCUT2D eigenvalue weighted by molar-refractivity contribution is 0.0510. The number of benzene rings is 2. The van der Waals surface area contributed by atoms with Crippen LogP contribution in [0.5, 0.6) is 5.75 Å². The lowest BCUT2D eigenvalue weighted by atomic mass is 10.1. The van der Waals surface area contributed by atoms with Gasteiger partial charge < -0.3 is 9.47 Å². The van der Waals surface area contributed by atoms with Gasteiger partial charge in [-0.05, 0) is 24.3 Å². The van der Waals surface area contributed by atoms with Crippen LogP contribution in [-0.4, -0.2) is 24.7 Å². The summed E-state index contributed by atoms with van der Waals surface area (Å²) in [6.45, 7) is 0.138. The van der Waals surface area contributed by atoms with Crippen molar-refractivity contribution in [2.45, 2.75) is 0 Å². The average molecular weight is 319 g/mol. The van der Waals surface area contributed by atoms with Crippen molar-refractivity contribution in [3.63, 3.8) is 0 Å². The van der Waals surface area contributed by atoms with Crippen molar-refractivity contribution in [1.29, 1.82) is 0 Å². The highest BCUT2D eigenvalue weighted by Gasteiger charge is 2.12. The van der Waals surface area contributed by atoms with Crippen molar-refractivity contribution >= 4 is 5.78 Å². The van der Waals surface area contributed by atoms with Crippen LogP contribution in [0.25, 0.3) is 11.3 Å². The summed E-state index contributed by atoms with van der Waals surface area (Å²) in [6.07, 6.45) is 0. The molecule has 0 saturated carbocycles. The van der Waals surface area contributed by atoms with Gasteiger partial charge in [0.15, 0.2) is 6.79 Å². The highest BCUT2D eigenvalue weighted by atomic mass is 16.7. The molecule has 0 unspecified atom stereocenters. The third kappa shape index (κ3) is 3.67. The molecule has 0 atom stereocenters. The minimum Gasteiger partial charge on any atom is -0.468 e. The van der Waals surface area contributed by atoms with Gasteiger partial charge in [-0.25, -0.2) is 4.98 Å².